The van der Waals surface area contributed by atoms with Crippen LogP contribution in [0.1, 0.15) is 37.6 Å². The molecule has 1 aromatic heterocycles. The van der Waals surface area contributed by atoms with Gasteiger partial charge < -0.3 is 10.1 Å². The van der Waals surface area contributed by atoms with E-state index < -0.39 is 0 Å². The highest BCUT2D eigenvalue weighted by molar-refractivity contribution is 6.33. The van der Waals surface area contributed by atoms with Crippen LogP contribution in [-0.2, 0) is 6.42 Å². The summed E-state index contributed by atoms with van der Waals surface area (Å²) in [7, 11) is 0. The van der Waals surface area contributed by atoms with Gasteiger partial charge in [0, 0.05) is 0 Å². The molecule has 0 amide bonds. The molecule has 0 spiro atoms. The number of aryl methyl sites for hydroxylation is 2. The minimum Gasteiger partial charge on any atom is -0.491 e. The van der Waals surface area contributed by atoms with Crippen LogP contribution in [-0.4, -0.2) is 23.1 Å². The molecule has 1 aromatic carbocycles. The summed E-state index contributed by atoms with van der Waals surface area (Å²) in [6.07, 6.45) is 2.56. The van der Waals surface area contributed by atoms with Crippen LogP contribution in [0.2, 0.25) is 5.02 Å². The van der Waals surface area contributed by atoms with E-state index in [0.29, 0.717) is 24.0 Å². The molecule has 0 aliphatic rings. The van der Waals surface area contributed by atoms with Gasteiger partial charge >= 0.3 is 0 Å². The van der Waals surface area contributed by atoms with Gasteiger partial charge in [0.05, 0.1) is 12.2 Å². The van der Waals surface area contributed by atoms with E-state index in [1.54, 1.807) is 0 Å². The quantitative estimate of drug-likeness (QED) is 0.760. The monoisotopic (exact) mass is 347 g/mol. The summed E-state index contributed by atoms with van der Waals surface area (Å²) < 4.78 is 5.86. The van der Waals surface area contributed by atoms with Crippen molar-refractivity contribution in [3.05, 3.63) is 46.4 Å². The second-order valence-corrected chi connectivity index (χ2v) is 7.61. The summed E-state index contributed by atoms with van der Waals surface area (Å²) in [5.41, 5.74) is 3.55. The zero-order valence-electron chi connectivity index (χ0n) is 15.1. The summed E-state index contributed by atoms with van der Waals surface area (Å²) >= 11 is 6.16. The molecular weight excluding hydrogens is 322 g/mol. The number of nitrogens with zero attached hydrogens (tertiary/aromatic N) is 2. The van der Waals surface area contributed by atoms with Crippen LogP contribution in [0.3, 0.4) is 0 Å². The van der Waals surface area contributed by atoms with Gasteiger partial charge in [-0.25, -0.2) is 9.97 Å². The fraction of sp³-hybridized carbons (Fsp3) is 0.474. The van der Waals surface area contributed by atoms with E-state index in [-0.39, 0.29) is 5.41 Å². The Morgan fingerprint density at radius 3 is 2.58 bits per heavy atom. The first-order valence-electron chi connectivity index (χ1n) is 8.19. The molecule has 0 fully saturated rings. The van der Waals surface area contributed by atoms with Crippen molar-refractivity contribution >= 4 is 17.4 Å². The third-order valence-corrected chi connectivity index (χ3v) is 4.04. The lowest BCUT2D eigenvalue weighted by atomic mass is 9.88. The van der Waals surface area contributed by atoms with E-state index in [1.807, 2.05) is 6.92 Å². The summed E-state index contributed by atoms with van der Waals surface area (Å²) in [5, 5.41) is 3.73. The van der Waals surface area contributed by atoms with E-state index in [2.05, 4.69) is 61.2 Å². The first-order valence-corrected chi connectivity index (χ1v) is 8.57. The van der Waals surface area contributed by atoms with Gasteiger partial charge in [0.15, 0.2) is 0 Å². The molecule has 0 unspecified atom stereocenters. The number of anilines is 1. The van der Waals surface area contributed by atoms with Crippen LogP contribution in [0.15, 0.2) is 24.5 Å². The lowest BCUT2D eigenvalue weighted by Gasteiger charge is -2.19. The van der Waals surface area contributed by atoms with Crippen LogP contribution in [0, 0.1) is 19.3 Å². The van der Waals surface area contributed by atoms with Gasteiger partial charge in [-0.15, -0.1) is 0 Å². The van der Waals surface area contributed by atoms with Crippen LogP contribution in [0.5, 0.6) is 5.75 Å². The molecule has 0 bridgehead atoms. The average molecular weight is 348 g/mol. The molecule has 0 saturated carbocycles. The largest absolute Gasteiger partial charge is 0.491 e. The van der Waals surface area contributed by atoms with Crippen LogP contribution in [0.4, 0.5) is 5.82 Å². The maximum absolute atomic E-state index is 6.16. The molecule has 130 valence electrons. The summed E-state index contributed by atoms with van der Waals surface area (Å²) in [5.74, 6) is 1.56. The lowest BCUT2D eigenvalue weighted by molar-refractivity contribution is 0.330. The molecule has 5 heteroatoms. The normalized spacial score (nSPS) is 11.4. The summed E-state index contributed by atoms with van der Waals surface area (Å²) in [6.45, 7) is 11.8. The molecule has 1 heterocycles. The molecule has 0 atom stereocenters. The third kappa shape index (κ3) is 5.38. The molecule has 1 N–H and O–H groups in total. The van der Waals surface area contributed by atoms with E-state index in [0.717, 1.165) is 23.4 Å². The number of nitrogens with one attached hydrogen (secondary N) is 1. The van der Waals surface area contributed by atoms with Crippen molar-refractivity contribution < 1.29 is 4.74 Å². The van der Waals surface area contributed by atoms with Crippen LogP contribution >= 0.6 is 11.6 Å². The Labute approximate surface area is 149 Å². The van der Waals surface area contributed by atoms with Crippen LogP contribution in [0.25, 0.3) is 0 Å². The minimum atomic E-state index is 0.285. The van der Waals surface area contributed by atoms with Gasteiger partial charge in [-0.3, -0.25) is 0 Å². The SMILES string of the molecule is Cc1cc(CC(C)(C)C)ccc1OCCNc1ncnc(C)c1Cl. The Morgan fingerprint density at radius 2 is 1.92 bits per heavy atom. The number of benzene rings is 1. The van der Waals surface area contributed by atoms with E-state index in [4.69, 9.17) is 16.3 Å². The molecule has 0 saturated heterocycles. The van der Waals surface area contributed by atoms with Gasteiger partial charge in [0.2, 0.25) is 0 Å². The van der Waals surface area contributed by atoms with Crippen molar-refractivity contribution in [3.8, 4) is 5.75 Å². The molecule has 24 heavy (non-hydrogen) atoms. The smallest absolute Gasteiger partial charge is 0.148 e. The van der Waals surface area contributed by atoms with Gasteiger partial charge in [-0.1, -0.05) is 44.5 Å². The van der Waals surface area contributed by atoms with Crippen molar-refractivity contribution in [1.82, 2.24) is 9.97 Å². The van der Waals surface area contributed by atoms with E-state index in [1.165, 1.54) is 11.9 Å². The fourth-order valence-corrected chi connectivity index (χ4v) is 2.67. The van der Waals surface area contributed by atoms with Gasteiger partial charge in [-0.2, -0.15) is 0 Å². The second kappa shape index (κ2) is 7.84. The maximum atomic E-state index is 6.16. The number of halogens is 1. The van der Waals surface area contributed by atoms with Gasteiger partial charge in [-0.05, 0) is 42.9 Å². The van der Waals surface area contributed by atoms with Crippen molar-refractivity contribution in [1.29, 1.82) is 0 Å². The zero-order chi connectivity index (χ0) is 17.7. The lowest BCUT2D eigenvalue weighted by Crippen LogP contribution is -2.14. The zero-order valence-corrected chi connectivity index (χ0v) is 15.9. The number of hydrogen-bond donors (Lipinski definition) is 1. The predicted octanol–water partition coefficient (Wildman–Crippen LogP) is 4.83. The average Bonchev–Trinajstić information content (AvgIpc) is 2.48. The Morgan fingerprint density at radius 1 is 1.17 bits per heavy atom. The van der Waals surface area contributed by atoms with Crippen molar-refractivity contribution in [2.75, 3.05) is 18.5 Å². The topological polar surface area (TPSA) is 47.0 Å². The number of rotatable bonds is 6. The summed E-state index contributed by atoms with van der Waals surface area (Å²) in [6, 6.07) is 6.41. The van der Waals surface area contributed by atoms with Crippen molar-refractivity contribution in [2.24, 2.45) is 5.41 Å². The van der Waals surface area contributed by atoms with Crippen LogP contribution < -0.4 is 10.1 Å². The highest BCUT2D eigenvalue weighted by Gasteiger charge is 2.12. The predicted molar refractivity (Wildman–Crippen MR) is 100 cm³/mol. The number of ether oxygens (including phenoxy) is 1. The molecule has 0 aliphatic heterocycles. The second-order valence-electron chi connectivity index (χ2n) is 7.23. The molecule has 2 rings (SSSR count). The van der Waals surface area contributed by atoms with Gasteiger partial charge in [0.1, 0.15) is 29.5 Å². The minimum absolute atomic E-state index is 0.285. The van der Waals surface area contributed by atoms with Gasteiger partial charge in [0.25, 0.3) is 0 Å². The number of aromatic nitrogens is 2. The van der Waals surface area contributed by atoms with E-state index >= 15 is 0 Å². The van der Waals surface area contributed by atoms with E-state index in [9.17, 15) is 0 Å². The molecule has 2 aromatic rings. The number of hydrogen-bond acceptors (Lipinski definition) is 4. The Balaban J connectivity index is 1.87. The Hall–Kier alpha value is -1.81. The highest BCUT2D eigenvalue weighted by Crippen LogP contribution is 2.25. The highest BCUT2D eigenvalue weighted by atomic mass is 35.5. The first-order chi connectivity index (χ1) is 11.3. The third-order valence-electron chi connectivity index (χ3n) is 3.59. The first kappa shape index (κ1) is 18.5. The maximum Gasteiger partial charge on any atom is 0.148 e. The van der Waals surface area contributed by atoms with Crippen molar-refractivity contribution in [2.45, 2.75) is 41.0 Å². The van der Waals surface area contributed by atoms with Crippen molar-refractivity contribution in [3.63, 3.8) is 0 Å². The molecular formula is C19H26ClN3O. The Bertz CT molecular complexity index is 695. The Kier molecular flexibility index (Phi) is 6.05. The fourth-order valence-electron chi connectivity index (χ4n) is 2.51. The summed E-state index contributed by atoms with van der Waals surface area (Å²) in [4.78, 5) is 8.18. The molecule has 0 radical (unpaired) electrons. The molecule has 4 nitrogen and oxygen atoms in total. The molecule has 0 aliphatic carbocycles. The standard InChI is InChI=1S/C19H26ClN3O/c1-13-10-15(11-19(3,4)5)6-7-16(13)24-9-8-21-18-17(20)14(2)22-12-23-18/h6-7,10,12H,8-9,11H2,1-5H3,(H,21,22,23).